The van der Waals surface area contributed by atoms with Crippen molar-refractivity contribution in [2.45, 2.75) is 23.5 Å². The summed E-state index contributed by atoms with van der Waals surface area (Å²) in [6.45, 7) is 0. The van der Waals surface area contributed by atoms with Gasteiger partial charge in [0.15, 0.2) is 0 Å². The Hall–Kier alpha value is -3.19. The summed E-state index contributed by atoms with van der Waals surface area (Å²) in [5, 5.41) is 10.4. The van der Waals surface area contributed by atoms with E-state index >= 15 is 0 Å². The van der Waals surface area contributed by atoms with E-state index in [0.29, 0.717) is 33.5 Å². The third-order valence-electron chi connectivity index (χ3n) is 4.71. The van der Waals surface area contributed by atoms with E-state index < -0.39 is 16.8 Å². The standard InChI is InChI=1S/C21H18N2O4S/c24-18(25)9-6-14-11-22-20-19(14)16-10-15(7-8-17(16)23-21(20)26)28(27)12-13-4-2-1-3-5-13/h1-5,7-8,10-11,22H,6,9,12H2,(H,23,26)(H,24,25). The molecule has 28 heavy (non-hydrogen) atoms. The summed E-state index contributed by atoms with van der Waals surface area (Å²) in [6.07, 6.45) is 1.96. The summed E-state index contributed by atoms with van der Waals surface area (Å²) in [7, 11) is -1.24. The largest absolute Gasteiger partial charge is 0.481 e. The molecule has 0 saturated carbocycles. The molecule has 2 heterocycles. The molecule has 1 atom stereocenters. The summed E-state index contributed by atoms with van der Waals surface area (Å²) in [6, 6.07) is 14.9. The van der Waals surface area contributed by atoms with Gasteiger partial charge in [-0.3, -0.25) is 13.8 Å². The first-order chi connectivity index (χ1) is 13.5. The molecule has 0 aliphatic carbocycles. The summed E-state index contributed by atoms with van der Waals surface area (Å²) in [4.78, 5) is 29.7. The second kappa shape index (κ2) is 7.44. The third-order valence-corrected chi connectivity index (χ3v) is 6.08. The van der Waals surface area contributed by atoms with Crippen molar-refractivity contribution in [3.05, 3.63) is 76.2 Å². The number of aromatic amines is 2. The summed E-state index contributed by atoms with van der Waals surface area (Å²) < 4.78 is 12.9. The predicted molar refractivity (Wildman–Crippen MR) is 109 cm³/mol. The number of pyridine rings is 1. The van der Waals surface area contributed by atoms with Crippen molar-refractivity contribution in [1.82, 2.24) is 9.97 Å². The van der Waals surface area contributed by atoms with Crippen LogP contribution in [0.1, 0.15) is 17.5 Å². The van der Waals surface area contributed by atoms with Gasteiger partial charge in [-0.2, -0.15) is 0 Å². The maximum Gasteiger partial charge on any atom is 0.303 e. The van der Waals surface area contributed by atoms with Gasteiger partial charge in [-0.15, -0.1) is 0 Å². The van der Waals surface area contributed by atoms with Crippen LogP contribution < -0.4 is 5.56 Å². The number of benzene rings is 2. The third kappa shape index (κ3) is 3.48. The number of carboxylic acids is 1. The zero-order chi connectivity index (χ0) is 19.7. The molecule has 6 nitrogen and oxygen atoms in total. The fourth-order valence-electron chi connectivity index (χ4n) is 3.36. The molecule has 0 fully saturated rings. The lowest BCUT2D eigenvalue weighted by Gasteiger charge is -2.07. The van der Waals surface area contributed by atoms with Crippen LogP contribution in [0.15, 0.2) is 64.4 Å². The molecule has 2 aromatic carbocycles. The van der Waals surface area contributed by atoms with Crippen molar-refractivity contribution in [3.63, 3.8) is 0 Å². The molecule has 1 unspecified atom stereocenters. The topological polar surface area (TPSA) is 103 Å². The minimum atomic E-state index is -1.24. The number of nitrogens with one attached hydrogen (secondary N) is 2. The Morgan fingerprint density at radius 3 is 2.64 bits per heavy atom. The number of hydrogen-bond acceptors (Lipinski definition) is 3. The minimum absolute atomic E-state index is 0.0269. The Kier molecular flexibility index (Phi) is 4.83. The van der Waals surface area contributed by atoms with E-state index in [-0.39, 0.29) is 12.0 Å². The lowest BCUT2D eigenvalue weighted by Crippen LogP contribution is -2.07. The number of rotatable bonds is 6. The Morgan fingerprint density at radius 2 is 1.89 bits per heavy atom. The lowest BCUT2D eigenvalue weighted by atomic mass is 10.0. The SMILES string of the molecule is O=C(O)CCc1c[nH]c2c(=O)[nH]c3ccc(S(=O)Cc4ccccc4)cc3c12. The van der Waals surface area contributed by atoms with Gasteiger partial charge >= 0.3 is 5.97 Å². The molecule has 3 N–H and O–H groups in total. The molecule has 4 rings (SSSR count). The van der Waals surface area contributed by atoms with Crippen LogP contribution in [-0.4, -0.2) is 25.3 Å². The number of carbonyl (C=O) groups is 1. The molecule has 142 valence electrons. The van der Waals surface area contributed by atoms with Crippen LogP contribution in [0, 0.1) is 0 Å². The van der Waals surface area contributed by atoms with Crippen LogP contribution in [0.4, 0.5) is 0 Å². The van der Waals surface area contributed by atoms with Crippen LogP contribution in [0.5, 0.6) is 0 Å². The first-order valence-corrected chi connectivity index (χ1v) is 10.1. The minimum Gasteiger partial charge on any atom is -0.481 e. The number of aryl methyl sites for hydroxylation is 1. The summed E-state index contributed by atoms with van der Waals surface area (Å²) in [5.41, 5.74) is 2.52. The van der Waals surface area contributed by atoms with E-state index in [0.717, 1.165) is 16.5 Å². The van der Waals surface area contributed by atoms with Gasteiger partial charge in [-0.25, -0.2) is 0 Å². The van der Waals surface area contributed by atoms with E-state index in [2.05, 4.69) is 9.97 Å². The lowest BCUT2D eigenvalue weighted by molar-refractivity contribution is -0.136. The quantitative estimate of drug-likeness (QED) is 0.467. The van der Waals surface area contributed by atoms with Gasteiger partial charge in [-0.05, 0) is 35.7 Å². The normalized spacial score (nSPS) is 12.4. The second-order valence-electron chi connectivity index (χ2n) is 6.59. The molecule has 7 heteroatoms. The van der Waals surface area contributed by atoms with Crippen LogP contribution in [0.2, 0.25) is 0 Å². The van der Waals surface area contributed by atoms with Gasteiger partial charge in [0.2, 0.25) is 0 Å². The number of aromatic nitrogens is 2. The van der Waals surface area contributed by atoms with E-state index in [9.17, 15) is 13.8 Å². The van der Waals surface area contributed by atoms with E-state index in [4.69, 9.17) is 5.11 Å². The predicted octanol–water partition coefficient (Wildman–Crippen LogP) is 3.33. The summed E-state index contributed by atoms with van der Waals surface area (Å²) in [5.74, 6) is -0.495. The van der Waals surface area contributed by atoms with Crippen molar-refractivity contribution in [2.24, 2.45) is 0 Å². The van der Waals surface area contributed by atoms with Gasteiger partial charge in [0, 0.05) is 33.8 Å². The zero-order valence-electron chi connectivity index (χ0n) is 14.9. The molecule has 0 bridgehead atoms. The van der Waals surface area contributed by atoms with Crippen LogP contribution in [0.25, 0.3) is 21.8 Å². The highest BCUT2D eigenvalue weighted by molar-refractivity contribution is 7.84. The summed E-state index contributed by atoms with van der Waals surface area (Å²) >= 11 is 0. The number of fused-ring (bicyclic) bond motifs is 3. The van der Waals surface area contributed by atoms with Crippen molar-refractivity contribution < 1.29 is 14.1 Å². The average molecular weight is 394 g/mol. The molecule has 0 saturated heterocycles. The fraction of sp³-hybridized carbons (Fsp3) is 0.143. The van der Waals surface area contributed by atoms with E-state index in [1.807, 2.05) is 36.4 Å². The number of hydrogen-bond donors (Lipinski definition) is 3. The Bertz CT molecular complexity index is 1260. The molecule has 2 aromatic heterocycles. The zero-order valence-corrected chi connectivity index (χ0v) is 15.7. The first kappa shape index (κ1) is 18.2. The van der Waals surface area contributed by atoms with Crippen molar-refractivity contribution in [2.75, 3.05) is 0 Å². The Balaban J connectivity index is 1.81. The second-order valence-corrected chi connectivity index (χ2v) is 8.05. The average Bonchev–Trinajstić information content (AvgIpc) is 3.12. The van der Waals surface area contributed by atoms with Gasteiger partial charge < -0.3 is 15.1 Å². The Labute approximate surface area is 162 Å². The van der Waals surface area contributed by atoms with Crippen molar-refractivity contribution in [3.8, 4) is 0 Å². The molecule has 0 amide bonds. The maximum atomic E-state index is 12.9. The van der Waals surface area contributed by atoms with Gasteiger partial charge in [0.05, 0.1) is 16.6 Å². The van der Waals surface area contributed by atoms with E-state index in [1.54, 1.807) is 18.3 Å². The molecular formula is C21H18N2O4S. The molecule has 0 spiro atoms. The number of carboxylic acid groups (broad SMARTS) is 1. The van der Waals surface area contributed by atoms with Crippen molar-refractivity contribution >= 4 is 38.6 Å². The van der Waals surface area contributed by atoms with Crippen LogP contribution in [0.3, 0.4) is 0 Å². The van der Waals surface area contributed by atoms with Crippen LogP contribution >= 0.6 is 0 Å². The first-order valence-electron chi connectivity index (χ1n) is 8.83. The highest BCUT2D eigenvalue weighted by Gasteiger charge is 2.14. The Morgan fingerprint density at radius 1 is 1.11 bits per heavy atom. The molecule has 0 aliphatic rings. The number of H-pyrrole nitrogens is 2. The molecule has 4 aromatic rings. The molecular weight excluding hydrogens is 376 g/mol. The highest BCUT2D eigenvalue weighted by atomic mass is 32.2. The molecule has 0 radical (unpaired) electrons. The monoisotopic (exact) mass is 394 g/mol. The molecule has 0 aliphatic heterocycles. The van der Waals surface area contributed by atoms with Gasteiger partial charge in [0.1, 0.15) is 5.52 Å². The van der Waals surface area contributed by atoms with Gasteiger partial charge in [0.25, 0.3) is 5.56 Å². The fourth-order valence-corrected chi connectivity index (χ4v) is 4.50. The van der Waals surface area contributed by atoms with Crippen LogP contribution in [-0.2, 0) is 27.8 Å². The van der Waals surface area contributed by atoms with E-state index in [1.165, 1.54) is 0 Å². The number of aliphatic carboxylic acids is 1. The van der Waals surface area contributed by atoms with Gasteiger partial charge in [-0.1, -0.05) is 30.3 Å². The maximum absolute atomic E-state index is 12.9. The smallest absolute Gasteiger partial charge is 0.303 e. The van der Waals surface area contributed by atoms with Crippen molar-refractivity contribution in [1.29, 1.82) is 0 Å². The highest BCUT2D eigenvalue weighted by Crippen LogP contribution is 2.28.